The molecule has 1 aliphatic heterocycles. The van der Waals surface area contributed by atoms with Gasteiger partial charge in [0, 0.05) is 38.0 Å². The lowest BCUT2D eigenvalue weighted by Gasteiger charge is -2.15. The number of hydrogen-bond donors (Lipinski definition) is 0. The van der Waals surface area contributed by atoms with Crippen LogP contribution in [0.5, 0.6) is 5.75 Å². The number of aromatic nitrogens is 3. The van der Waals surface area contributed by atoms with Crippen LogP contribution < -0.4 is 4.74 Å². The number of benzene rings is 1. The summed E-state index contributed by atoms with van der Waals surface area (Å²) in [6.07, 6.45) is 5.35. The van der Waals surface area contributed by atoms with Crippen molar-refractivity contribution in [2.24, 2.45) is 0 Å². The van der Waals surface area contributed by atoms with E-state index in [-0.39, 0.29) is 5.91 Å². The third kappa shape index (κ3) is 4.26. The Kier molecular flexibility index (Phi) is 6.47. The molecule has 0 spiro atoms. The van der Waals surface area contributed by atoms with Gasteiger partial charge >= 0.3 is 0 Å². The number of pyridine rings is 1. The lowest BCUT2D eigenvalue weighted by Crippen LogP contribution is -2.26. The van der Waals surface area contributed by atoms with Gasteiger partial charge in [-0.1, -0.05) is 6.92 Å². The molecule has 30 heavy (non-hydrogen) atoms. The Morgan fingerprint density at radius 1 is 1.17 bits per heavy atom. The molecular formula is C23H30N4O3. The highest BCUT2D eigenvalue weighted by Crippen LogP contribution is 2.28. The maximum atomic E-state index is 11.7. The number of nitrogens with zero attached hydrogens (tertiary/aromatic N) is 4. The molecule has 1 aromatic carbocycles. The molecule has 7 nitrogen and oxygen atoms in total. The summed E-state index contributed by atoms with van der Waals surface area (Å²) in [6, 6.07) is 6.02. The predicted molar refractivity (Wildman–Crippen MR) is 117 cm³/mol. The first-order valence-corrected chi connectivity index (χ1v) is 11.0. The molecule has 0 radical (unpaired) electrons. The van der Waals surface area contributed by atoms with Crippen molar-refractivity contribution in [3.8, 4) is 5.75 Å². The smallest absolute Gasteiger partial charge is 0.222 e. The van der Waals surface area contributed by atoms with E-state index in [1.807, 2.05) is 30.2 Å². The van der Waals surface area contributed by atoms with E-state index in [1.165, 1.54) is 0 Å². The first-order valence-electron chi connectivity index (χ1n) is 11.0. The van der Waals surface area contributed by atoms with Gasteiger partial charge in [0.25, 0.3) is 0 Å². The van der Waals surface area contributed by atoms with Crippen LogP contribution in [-0.4, -0.2) is 51.6 Å². The molecule has 1 fully saturated rings. The second-order valence-corrected chi connectivity index (χ2v) is 7.67. The zero-order valence-electron chi connectivity index (χ0n) is 17.9. The molecule has 0 saturated carbocycles. The monoisotopic (exact) mass is 410 g/mol. The SMILES string of the molecule is CCCn1c(COCC)nc2cnc3ccc(OCCCN4CCCC4=O)cc3c21. The summed E-state index contributed by atoms with van der Waals surface area (Å²) in [5.74, 6) is 2.02. The number of ether oxygens (including phenoxy) is 2. The summed E-state index contributed by atoms with van der Waals surface area (Å²) in [5, 5.41) is 1.04. The van der Waals surface area contributed by atoms with Gasteiger partial charge in [-0.2, -0.15) is 0 Å². The van der Waals surface area contributed by atoms with Crippen molar-refractivity contribution in [3.63, 3.8) is 0 Å². The molecule has 1 aliphatic rings. The summed E-state index contributed by atoms with van der Waals surface area (Å²) in [5.41, 5.74) is 2.90. The fourth-order valence-corrected chi connectivity index (χ4v) is 4.08. The molecule has 0 bridgehead atoms. The fraction of sp³-hybridized carbons (Fsp3) is 0.522. The molecule has 160 valence electrons. The van der Waals surface area contributed by atoms with E-state index in [4.69, 9.17) is 14.5 Å². The molecule has 3 heterocycles. The van der Waals surface area contributed by atoms with Crippen LogP contribution in [0.2, 0.25) is 0 Å². The minimum absolute atomic E-state index is 0.265. The van der Waals surface area contributed by atoms with Crippen molar-refractivity contribution in [3.05, 3.63) is 30.2 Å². The van der Waals surface area contributed by atoms with Crippen LogP contribution in [0, 0.1) is 0 Å². The third-order valence-corrected chi connectivity index (χ3v) is 5.52. The minimum Gasteiger partial charge on any atom is -0.494 e. The van der Waals surface area contributed by atoms with Gasteiger partial charge < -0.3 is 18.9 Å². The number of amides is 1. The lowest BCUT2D eigenvalue weighted by atomic mass is 10.2. The van der Waals surface area contributed by atoms with E-state index in [0.29, 0.717) is 26.2 Å². The predicted octanol–water partition coefficient (Wildman–Crippen LogP) is 3.92. The topological polar surface area (TPSA) is 69.5 Å². The summed E-state index contributed by atoms with van der Waals surface area (Å²) >= 11 is 0. The quantitative estimate of drug-likeness (QED) is 0.474. The van der Waals surface area contributed by atoms with Gasteiger partial charge in [0.05, 0.1) is 23.8 Å². The van der Waals surface area contributed by atoms with Crippen molar-refractivity contribution in [2.45, 2.75) is 52.7 Å². The highest BCUT2D eigenvalue weighted by molar-refractivity contribution is 6.02. The molecular weight excluding hydrogens is 380 g/mol. The average Bonchev–Trinajstić information content (AvgIpc) is 3.33. The number of carbonyl (C=O) groups is 1. The number of carbonyl (C=O) groups excluding carboxylic acids is 1. The van der Waals surface area contributed by atoms with Crippen molar-refractivity contribution in [1.29, 1.82) is 0 Å². The lowest BCUT2D eigenvalue weighted by molar-refractivity contribution is -0.127. The maximum absolute atomic E-state index is 11.7. The average molecular weight is 411 g/mol. The Hall–Kier alpha value is -2.67. The Morgan fingerprint density at radius 3 is 2.83 bits per heavy atom. The van der Waals surface area contributed by atoms with Gasteiger partial charge in [-0.05, 0) is 44.4 Å². The summed E-state index contributed by atoms with van der Waals surface area (Å²) < 4.78 is 13.9. The molecule has 2 aromatic heterocycles. The zero-order valence-corrected chi connectivity index (χ0v) is 17.9. The van der Waals surface area contributed by atoms with Crippen molar-refractivity contribution in [1.82, 2.24) is 19.4 Å². The zero-order chi connectivity index (χ0) is 20.9. The second kappa shape index (κ2) is 9.43. The van der Waals surface area contributed by atoms with Crippen LogP contribution >= 0.6 is 0 Å². The number of aryl methyl sites for hydroxylation is 1. The van der Waals surface area contributed by atoms with Gasteiger partial charge in [-0.15, -0.1) is 0 Å². The molecule has 1 amide bonds. The Bertz CT molecular complexity index is 1030. The van der Waals surface area contributed by atoms with E-state index >= 15 is 0 Å². The number of imidazole rings is 1. The van der Waals surface area contributed by atoms with Crippen LogP contribution in [0.15, 0.2) is 24.4 Å². The van der Waals surface area contributed by atoms with E-state index in [2.05, 4.69) is 22.5 Å². The summed E-state index contributed by atoms with van der Waals surface area (Å²) in [6.45, 7) is 8.43. The summed E-state index contributed by atoms with van der Waals surface area (Å²) in [7, 11) is 0. The van der Waals surface area contributed by atoms with Crippen LogP contribution in [-0.2, 0) is 22.7 Å². The normalized spacial score (nSPS) is 14.3. The third-order valence-electron chi connectivity index (χ3n) is 5.52. The van der Waals surface area contributed by atoms with Crippen LogP contribution in [0.25, 0.3) is 21.9 Å². The van der Waals surface area contributed by atoms with Gasteiger partial charge in [-0.3, -0.25) is 9.78 Å². The number of hydrogen-bond acceptors (Lipinski definition) is 5. The van der Waals surface area contributed by atoms with Gasteiger partial charge in [-0.25, -0.2) is 4.98 Å². The van der Waals surface area contributed by atoms with E-state index in [1.54, 1.807) is 0 Å². The maximum Gasteiger partial charge on any atom is 0.222 e. The first kappa shape index (κ1) is 20.6. The molecule has 0 N–H and O–H groups in total. The highest BCUT2D eigenvalue weighted by Gasteiger charge is 2.19. The second-order valence-electron chi connectivity index (χ2n) is 7.67. The molecule has 7 heteroatoms. The van der Waals surface area contributed by atoms with Gasteiger partial charge in [0.15, 0.2) is 0 Å². The number of likely N-dealkylation sites (tertiary alicyclic amines) is 1. The molecule has 1 saturated heterocycles. The van der Waals surface area contributed by atoms with E-state index < -0.39 is 0 Å². The minimum atomic E-state index is 0.265. The molecule has 0 aliphatic carbocycles. The Balaban J connectivity index is 1.56. The highest BCUT2D eigenvalue weighted by atomic mass is 16.5. The molecule has 4 rings (SSSR count). The molecule has 3 aromatic rings. The van der Waals surface area contributed by atoms with Crippen molar-refractivity contribution < 1.29 is 14.3 Å². The molecule has 0 atom stereocenters. The van der Waals surface area contributed by atoms with Crippen molar-refractivity contribution in [2.75, 3.05) is 26.3 Å². The van der Waals surface area contributed by atoms with Crippen molar-refractivity contribution >= 4 is 27.8 Å². The number of rotatable bonds is 10. The largest absolute Gasteiger partial charge is 0.494 e. The van der Waals surface area contributed by atoms with Crippen LogP contribution in [0.3, 0.4) is 0 Å². The Morgan fingerprint density at radius 2 is 2.07 bits per heavy atom. The standard InChI is InChI=1S/C23H30N4O3/c1-3-10-27-21(16-29-4-2)25-20-15-24-19-9-8-17(14-18(19)23(20)27)30-13-6-12-26-11-5-7-22(26)28/h8-9,14-15H,3-7,10-13,16H2,1-2H3. The fourth-order valence-electron chi connectivity index (χ4n) is 4.08. The van der Waals surface area contributed by atoms with E-state index in [9.17, 15) is 4.79 Å². The Labute approximate surface area is 177 Å². The molecule has 0 unspecified atom stereocenters. The van der Waals surface area contributed by atoms with E-state index in [0.717, 1.165) is 72.4 Å². The van der Waals surface area contributed by atoms with Gasteiger partial charge in [0.2, 0.25) is 5.91 Å². The van der Waals surface area contributed by atoms with Crippen LogP contribution in [0.1, 0.15) is 45.4 Å². The number of fused-ring (bicyclic) bond motifs is 3. The van der Waals surface area contributed by atoms with Gasteiger partial charge in [0.1, 0.15) is 23.7 Å². The first-order chi connectivity index (χ1) is 14.7. The van der Waals surface area contributed by atoms with Crippen LogP contribution in [0.4, 0.5) is 0 Å². The summed E-state index contributed by atoms with van der Waals surface area (Å²) in [4.78, 5) is 23.0.